The number of nitrogens with two attached hydrogens (primary N) is 1. The first kappa shape index (κ1) is 12.7. The van der Waals surface area contributed by atoms with Gasteiger partial charge in [-0.05, 0) is 17.7 Å². The molecular formula is C13H14N6S. The number of nitrogen functional groups attached to an aromatic ring is 1. The van der Waals surface area contributed by atoms with Crippen molar-refractivity contribution < 1.29 is 0 Å². The molecule has 0 amide bonds. The topological polar surface area (TPSA) is 74.6 Å². The van der Waals surface area contributed by atoms with E-state index in [1.54, 1.807) is 28.9 Å². The molecule has 0 spiro atoms. The van der Waals surface area contributed by atoms with Crippen molar-refractivity contribution in [2.24, 2.45) is 7.05 Å². The third-order valence-electron chi connectivity index (χ3n) is 2.98. The molecule has 2 N–H and O–H groups in total. The van der Waals surface area contributed by atoms with Crippen molar-refractivity contribution in [2.45, 2.75) is 10.9 Å². The first-order valence-electron chi connectivity index (χ1n) is 6.09. The minimum absolute atomic E-state index is 0.433. The number of thioether (sulfide) groups is 1. The molecule has 0 saturated carbocycles. The number of hydrogen-bond acceptors (Lipinski definition) is 5. The Balaban J connectivity index is 1.68. The van der Waals surface area contributed by atoms with Crippen molar-refractivity contribution in [1.29, 1.82) is 0 Å². The molecule has 6 nitrogen and oxygen atoms in total. The average molecular weight is 286 g/mol. The Kier molecular flexibility index (Phi) is 3.42. The largest absolute Gasteiger partial charge is 0.368 e. The van der Waals surface area contributed by atoms with E-state index in [9.17, 15) is 0 Å². The van der Waals surface area contributed by atoms with Crippen LogP contribution in [0.15, 0.2) is 48.1 Å². The molecule has 0 atom stereocenters. The third kappa shape index (κ3) is 2.53. The molecule has 2 heterocycles. The van der Waals surface area contributed by atoms with E-state index in [0.717, 1.165) is 16.6 Å². The summed E-state index contributed by atoms with van der Waals surface area (Å²) in [6, 6.07) is 8.34. The summed E-state index contributed by atoms with van der Waals surface area (Å²) in [6.45, 7) is 0. The quantitative estimate of drug-likeness (QED) is 0.741. The van der Waals surface area contributed by atoms with Gasteiger partial charge in [0, 0.05) is 30.9 Å². The van der Waals surface area contributed by atoms with E-state index in [-0.39, 0.29) is 0 Å². The molecule has 0 aliphatic heterocycles. The van der Waals surface area contributed by atoms with E-state index in [1.165, 1.54) is 5.56 Å². The number of aromatic nitrogens is 5. The van der Waals surface area contributed by atoms with Crippen molar-refractivity contribution in [2.75, 3.05) is 5.73 Å². The summed E-state index contributed by atoms with van der Waals surface area (Å²) < 4.78 is 3.75. The van der Waals surface area contributed by atoms with Gasteiger partial charge < -0.3 is 10.3 Å². The fraction of sp³-hybridized carbons (Fsp3) is 0.154. The monoisotopic (exact) mass is 286 g/mol. The van der Waals surface area contributed by atoms with Crippen LogP contribution in [-0.2, 0) is 12.8 Å². The van der Waals surface area contributed by atoms with E-state index in [0.29, 0.717) is 5.95 Å². The van der Waals surface area contributed by atoms with E-state index >= 15 is 0 Å². The van der Waals surface area contributed by atoms with Gasteiger partial charge in [0.2, 0.25) is 5.95 Å². The smallest absolute Gasteiger partial charge is 0.222 e. The molecule has 7 heteroatoms. The SMILES string of the molecule is Cn1c(N)nnc1SCc1ccc(-n2ccnc2)cc1. The van der Waals surface area contributed by atoms with Crippen molar-refractivity contribution in [3.8, 4) is 5.69 Å². The second-order valence-electron chi connectivity index (χ2n) is 4.32. The second-order valence-corrected chi connectivity index (χ2v) is 5.27. The first-order valence-corrected chi connectivity index (χ1v) is 7.07. The van der Waals surface area contributed by atoms with Crippen LogP contribution in [0.1, 0.15) is 5.56 Å². The lowest BCUT2D eigenvalue weighted by molar-refractivity contribution is 0.796. The lowest BCUT2D eigenvalue weighted by atomic mass is 10.2. The number of hydrogen-bond donors (Lipinski definition) is 1. The number of nitrogens with zero attached hydrogens (tertiary/aromatic N) is 5. The molecule has 0 radical (unpaired) electrons. The highest BCUT2D eigenvalue weighted by Gasteiger charge is 2.06. The molecule has 0 aliphatic carbocycles. The molecule has 20 heavy (non-hydrogen) atoms. The summed E-state index contributed by atoms with van der Waals surface area (Å²) in [7, 11) is 1.86. The zero-order chi connectivity index (χ0) is 13.9. The van der Waals surface area contributed by atoms with Gasteiger partial charge in [0.05, 0.1) is 6.33 Å². The number of benzene rings is 1. The summed E-state index contributed by atoms with van der Waals surface area (Å²) in [5.41, 5.74) is 7.97. The van der Waals surface area contributed by atoms with E-state index in [4.69, 9.17) is 5.73 Å². The van der Waals surface area contributed by atoms with E-state index < -0.39 is 0 Å². The van der Waals surface area contributed by atoms with Crippen LogP contribution in [0.3, 0.4) is 0 Å². The Hall–Kier alpha value is -2.28. The molecule has 102 valence electrons. The number of imidazole rings is 1. The lowest BCUT2D eigenvalue weighted by Gasteiger charge is -2.05. The van der Waals surface area contributed by atoms with Gasteiger partial charge in [-0.15, -0.1) is 10.2 Å². The van der Waals surface area contributed by atoms with Gasteiger partial charge in [-0.1, -0.05) is 23.9 Å². The van der Waals surface area contributed by atoms with Crippen LogP contribution in [0.5, 0.6) is 0 Å². The zero-order valence-corrected chi connectivity index (χ0v) is 11.8. The maximum atomic E-state index is 5.65. The number of anilines is 1. The molecular weight excluding hydrogens is 272 g/mol. The fourth-order valence-electron chi connectivity index (χ4n) is 1.78. The van der Waals surface area contributed by atoms with Gasteiger partial charge in [-0.3, -0.25) is 4.57 Å². The molecule has 0 aliphatic rings. The maximum Gasteiger partial charge on any atom is 0.222 e. The minimum Gasteiger partial charge on any atom is -0.368 e. The van der Waals surface area contributed by atoms with Gasteiger partial charge in [0.1, 0.15) is 0 Å². The van der Waals surface area contributed by atoms with Crippen LogP contribution >= 0.6 is 11.8 Å². The summed E-state index contributed by atoms with van der Waals surface area (Å²) in [5.74, 6) is 1.26. The fourth-order valence-corrected chi connectivity index (χ4v) is 2.65. The summed E-state index contributed by atoms with van der Waals surface area (Å²) in [6.07, 6.45) is 5.47. The van der Waals surface area contributed by atoms with Gasteiger partial charge in [-0.25, -0.2) is 4.98 Å². The summed E-state index contributed by atoms with van der Waals surface area (Å²) >= 11 is 1.61. The predicted octanol–water partition coefficient (Wildman–Crippen LogP) is 1.88. The first-order chi connectivity index (χ1) is 9.74. The Bertz CT molecular complexity index is 686. The highest BCUT2D eigenvalue weighted by molar-refractivity contribution is 7.98. The molecule has 1 aromatic carbocycles. The highest BCUT2D eigenvalue weighted by atomic mass is 32.2. The van der Waals surface area contributed by atoms with Crippen LogP contribution in [0.4, 0.5) is 5.95 Å². The van der Waals surface area contributed by atoms with Crippen LogP contribution in [-0.4, -0.2) is 24.3 Å². The van der Waals surface area contributed by atoms with Gasteiger partial charge in [-0.2, -0.15) is 0 Å². The van der Waals surface area contributed by atoms with Gasteiger partial charge in [0.15, 0.2) is 5.16 Å². The van der Waals surface area contributed by atoms with Crippen molar-refractivity contribution in [3.63, 3.8) is 0 Å². The second kappa shape index (κ2) is 5.38. The van der Waals surface area contributed by atoms with Crippen LogP contribution in [0, 0.1) is 0 Å². The number of rotatable bonds is 4. The summed E-state index contributed by atoms with van der Waals surface area (Å²) in [4.78, 5) is 4.04. The Morgan fingerprint density at radius 1 is 1.20 bits per heavy atom. The molecule has 0 unspecified atom stereocenters. The standard InChI is InChI=1S/C13H14N6S/c1-18-12(14)16-17-13(18)20-8-10-2-4-11(5-3-10)19-7-6-15-9-19/h2-7,9H,8H2,1H3,(H2,14,16). The molecule has 2 aromatic heterocycles. The minimum atomic E-state index is 0.433. The molecule has 0 fully saturated rings. The predicted molar refractivity (Wildman–Crippen MR) is 78.5 cm³/mol. The lowest BCUT2D eigenvalue weighted by Crippen LogP contribution is -1.98. The van der Waals surface area contributed by atoms with Crippen molar-refractivity contribution >= 4 is 17.7 Å². The molecule has 0 saturated heterocycles. The Morgan fingerprint density at radius 2 is 2.00 bits per heavy atom. The summed E-state index contributed by atoms with van der Waals surface area (Å²) in [5, 5.41) is 8.68. The third-order valence-corrected chi connectivity index (χ3v) is 4.07. The zero-order valence-electron chi connectivity index (χ0n) is 11.0. The Labute approximate surface area is 120 Å². The Morgan fingerprint density at radius 3 is 2.60 bits per heavy atom. The molecule has 3 aromatic rings. The molecule has 3 rings (SSSR count). The van der Waals surface area contributed by atoms with Gasteiger partial charge >= 0.3 is 0 Å². The van der Waals surface area contributed by atoms with Crippen LogP contribution in [0.25, 0.3) is 5.69 Å². The highest BCUT2D eigenvalue weighted by Crippen LogP contribution is 2.22. The van der Waals surface area contributed by atoms with E-state index in [1.807, 2.05) is 17.8 Å². The molecule has 0 bridgehead atoms. The van der Waals surface area contributed by atoms with E-state index in [2.05, 4.69) is 39.4 Å². The average Bonchev–Trinajstić information content (AvgIpc) is 3.10. The van der Waals surface area contributed by atoms with Crippen LogP contribution in [0.2, 0.25) is 0 Å². The maximum absolute atomic E-state index is 5.65. The normalized spacial score (nSPS) is 10.8. The van der Waals surface area contributed by atoms with Crippen molar-refractivity contribution in [3.05, 3.63) is 48.5 Å². The van der Waals surface area contributed by atoms with Crippen LogP contribution < -0.4 is 5.73 Å². The van der Waals surface area contributed by atoms with Gasteiger partial charge in [0.25, 0.3) is 0 Å². The van der Waals surface area contributed by atoms with Crippen molar-refractivity contribution in [1.82, 2.24) is 24.3 Å².